The van der Waals surface area contributed by atoms with Gasteiger partial charge in [0.15, 0.2) is 0 Å². The Morgan fingerprint density at radius 1 is 1.12 bits per heavy atom. The fraction of sp³-hybridized carbons (Fsp3) is 0.579. The maximum Gasteiger partial charge on any atom is 0.326 e. The molecule has 126 valence electrons. The lowest BCUT2D eigenvalue weighted by Crippen LogP contribution is -2.31. The zero-order chi connectivity index (χ0) is 16.3. The smallest absolute Gasteiger partial charge is 0.326 e. The number of amides is 1. The van der Waals surface area contributed by atoms with E-state index in [9.17, 15) is 9.59 Å². The molecule has 0 radical (unpaired) electrons. The van der Waals surface area contributed by atoms with E-state index in [4.69, 9.17) is 0 Å². The van der Waals surface area contributed by atoms with Gasteiger partial charge in [0, 0.05) is 26.1 Å². The molecule has 5 rings (SSSR count). The Morgan fingerprint density at radius 2 is 1.83 bits per heavy atom. The third-order valence-corrected chi connectivity index (χ3v) is 6.72. The molecule has 24 heavy (non-hydrogen) atoms. The van der Waals surface area contributed by atoms with E-state index in [0.717, 1.165) is 47.8 Å². The SMILES string of the molecule is O=C(CCn1c(=O)[nH]c2ccccc21)N1C[C@@H]2[C@@H]3CC[C@@H](C3)[C@@H]2C1. The van der Waals surface area contributed by atoms with E-state index in [1.54, 1.807) is 4.57 Å². The zero-order valence-corrected chi connectivity index (χ0v) is 13.8. The predicted molar refractivity (Wildman–Crippen MR) is 91.6 cm³/mol. The van der Waals surface area contributed by atoms with Gasteiger partial charge < -0.3 is 9.88 Å². The number of para-hydroxylation sites is 2. The molecule has 2 saturated carbocycles. The second-order valence-corrected chi connectivity index (χ2v) is 7.81. The van der Waals surface area contributed by atoms with Gasteiger partial charge in [-0.05, 0) is 55.1 Å². The average molecular weight is 325 g/mol. The van der Waals surface area contributed by atoms with Gasteiger partial charge in [-0.25, -0.2) is 4.79 Å². The zero-order valence-electron chi connectivity index (χ0n) is 13.8. The lowest BCUT2D eigenvalue weighted by molar-refractivity contribution is -0.130. The van der Waals surface area contributed by atoms with E-state index in [-0.39, 0.29) is 11.6 Å². The molecule has 3 fully saturated rings. The van der Waals surface area contributed by atoms with E-state index >= 15 is 0 Å². The summed E-state index contributed by atoms with van der Waals surface area (Å²) < 4.78 is 1.69. The van der Waals surface area contributed by atoms with Gasteiger partial charge >= 0.3 is 5.69 Å². The van der Waals surface area contributed by atoms with Crippen LogP contribution in [0.15, 0.2) is 29.1 Å². The van der Waals surface area contributed by atoms with Gasteiger partial charge in [0.05, 0.1) is 11.0 Å². The Morgan fingerprint density at radius 3 is 2.58 bits per heavy atom. The first-order valence-electron chi connectivity index (χ1n) is 9.16. The van der Waals surface area contributed by atoms with Crippen LogP contribution >= 0.6 is 0 Å². The summed E-state index contributed by atoms with van der Waals surface area (Å²) in [5.41, 5.74) is 1.59. The van der Waals surface area contributed by atoms with Gasteiger partial charge in [-0.3, -0.25) is 9.36 Å². The van der Waals surface area contributed by atoms with Crippen molar-refractivity contribution in [2.45, 2.75) is 32.2 Å². The molecular weight excluding hydrogens is 302 g/mol. The van der Waals surface area contributed by atoms with Crippen molar-refractivity contribution >= 4 is 16.9 Å². The number of H-pyrrole nitrogens is 1. The Labute approximate surface area is 140 Å². The number of carbonyl (C=O) groups is 1. The summed E-state index contributed by atoms with van der Waals surface area (Å²) in [4.78, 5) is 29.7. The number of aromatic amines is 1. The van der Waals surface area contributed by atoms with E-state index in [1.165, 1.54) is 19.3 Å². The lowest BCUT2D eigenvalue weighted by Gasteiger charge is -2.22. The molecule has 5 heteroatoms. The number of nitrogens with zero attached hydrogens (tertiary/aromatic N) is 2. The summed E-state index contributed by atoms with van der Waals surface area (Å²) in [6, 6.07) is 7.65. The Balaban J connectivity index is 1.28. The highest BCUT2D eigenvalue weighted by atomic mass is 16.2. The molecule has 1 aliphatic heterocycles. The molecule has 2 aromatic rings. The minimum Gasteiger partial charge on any atom is -0.342 e. The third kappa shape index (κ3) is 2.06. The predicted octanol–water partition coefficient (Wildman–Crippen LogP) is 2.22. The molecule has 1 amide bonds. The molecule has 0 unspecified atom stereocenters. The molecule has 1 aromatic heterocycles. The number of hydrogen-bond donors (Lipinski definition) is 1. The normalized spacial score (nSPS) is 31.1. The standard InChI is InChI=1S/C19H23N3O2/c23-18(21-10-14-12-5-6-13(9-12)15(14)11-21)7-8-22-17-4-2-1-3-16(17)20-19(22)24/h1-4,12-15H,5-11H2,(H,20,24)/t12-,13+,14-,15+. The van der Waals surface area contributed by atoms with E-state index < -0.39 is 0 Å². The largest absolute Gasteiger partial charge is 0.342 e. The van der Waals surface area contributed by atoms with Crippen LogP contribution < -0.4 is 5.69 Å². The monoisotopic (exact) mass is 325 g/mol. The van der Waals surface area contributed by atoms with Crippen LogP contribution in [0.1, 0.15) is 25.7 Å². The quantitative estimate of drug-likeness (QED) is 0.941. The van der Waals surface area contributed by atoms with Crippen molar-refractivity contribution in [3.8, 4) is 0 Å². The number of carbonyl (C=O) groups excluding carboxylic acids is 1. The van der Waals surface area contributed by atoms with Crippen molar-refractivity contribution < 1.29 is 4.79 Å². The highest BCUT2D eigenvalue weighted by molar-refractivity contribution is 5.78. The number of benzene rings is 1. The van der Waals surface area contributed by atoms with E-state index in [1.807, 2.05) is 24.3 Å². The van der Waals surface area contributed by atoms with Gasteiger partial charge in [-0.1, -0.05) is 12.1 Å². The molecule has 4 atom stereocenters. The Bertz CT molecular complexity index is 834. The van der Waals surface area contributed by atoms with Gasteiger partial charge in [0.25, 0.3) is 0 Å². The summed E-state index contributed by atoms with van der Waals surface area (Å²) >= 11 is 0. The number of rotatable bonds is 3. The number of hydrogen-bond acceptors (Lipinski definition) is 2. The maximum absolute atomic E-state index is 12.7. The summed E-state index contributed by atoms with van der Waals surface area (Å²) in [5.74, 6) is 3.45. The van der Waals surface area contributed by atoms with E-state index in [0.29, 0.717) is 13.0 Å². The van der Waals surface area contributed by atoms with Crippen LogP contribution in [0.3, 0.4) is 0 Å². The molecule has 1 aromatic carbocycles. The Hall–Kier alpha value is -2.04. The topological polar surface area (TPSA) is 58.1 Å². The van der Waals surface area contributed by atoms with Crippen LogP contribution in [0.25, 0.3) is 11.0 Å². The number of nitrogens with one attached hydrogen (secondary N) is 1. The number of fused-ring (bicyclic) bond motifs is 6. The lowest BCUT2D eigenvalue weighted by atomic mass is 9.82. The number of aromatic nitrogens is 2. The van der Waals surface area contributed by atoms with Crippen LogP contribution in [0.4, 0.5) is 0 Å². The second kappa shape index (κ2) is 5.23. The number of imidazole rings is 1. The molecule has 1 saturated heterocycles. The number of likely N-dealkylation sites (tertiary alicyclic amines) is 1. The van der Waals surface area contributed by atoms with Crippen LogP contribution in [0.5, 0.6) is 0 Å². The summed E-state index contributed by atoms with van der Waals surface area (Å²) in [7, 11) is 0. The first-order valence-corrected chi connectivity index (χ1v) is 9.16. The van der Waals surface area contributed by atoms with Gasteiger partial charge in [-0.2, -0.15) is 0 Å². The maximum atomic E-state index is 12.7. The van der Waals surface area contributed by atoms with Gasteiger partial charge in [0.2, 0.25) is 5.91 Å². The molecule has 2 bridgehead atoms. The third-order valence-electron chi connectivity index (χ3n) is 6.72. The summed E-state index contributed by atoms with van der Waals surface area (Å²) in [6.07, 6.45) is 4.57. The molecule has 3 aliphatic rings. The van der Waals surface area contributed by atoms with Gasteiger partial charge in [-0.15, -0.1) is 0 Å². The molecular formula is C19H23N3O2. The van der Waals surface area contributed by atoms with E-state index in [2.05, 4.69) is 9.88 Å². The van der Waals surface area contributed by atoms with Gasteiger partial charge in [0.1, 0.15) is 0 Å². The van der Waals surface area contributed by atoms with Crippen LogP contribution in [0.2, 0.25) is 0 Å². The summed E-state index contributed by atoms with van der Waals surface area (Å²) in [5, 5.41) is 0. The minimum atomic E-state index is -0.125. The van der Waals surface area contributed by atoms with Crippen molar-refractivity contribution in [2.24, 2.45) is 23.7 Å². The van der Waals surface area contributed by atoms with Crippen molar-refractivity contribution in [3.05, 3.63) is 34.7 Å². The fourth-order valence-corrected chi connectivity index (χ4v) is 5.58. The second-order valence-electron chi connectivity index (χ2n) is 7.81. The van der Waals surface area contributed by atoms with Crippen molar-refractivity contribution in [2.75, 3.05) is 13.1 Å². The molecule has 5 nitrogen and oxygen atoms in total. The van der Waals surface area contributed by atoms with Crippen LogP contribution in [-0.4, -0.2) is 33.4 Å². The highest BCUT2D eigenvalue weighted by Crippen LogP contribution is 2.55. The molecule has 1 N–H and O–H groups in total. The van der Waals surface area contributed by atoms with Crippen LogP contribution in [0, 0.1) is 23.7 Å². The first-order chi connectivity index (χ1) is 11.7. The minimum absolute atomic E-state index is 0.125. The van der Waals surface area contributed by atoms with Crippen molar-refractivity contribution in [1.29, 1.82) is 0 Å². The Kier molecular flexibility index (Phi) is 3.12. The van der Waals surface area contributed by atoms with Crippen molar-refractivity contribution in [3.63, 3.8) is 0 Å². The molecule has 0 spiro atoms. The molecule has 2 heterocycles. The van der Waals surface area contributed by atoms with Crippen molar-refractivity contribution in [1.82, 2.24) is 14.5 Å². The first kappa shape index (κ1) is 14.3. The fourth-order valence-electron chi connectivity index (χ4n) is 5.58. The molecule has 2 aliphatic carbocycles. The number of aryl methyl sites for hydroxylation is 1. The highest BCUT2D eigenvalue weighted by Gasteiger charge is 2.52. The van der Waals surface area contributed by atoms with Crippen LogP contribution in [-0.2, 0) is 11.3 Å². The average Bonchev–Trinajstić information content (AvgIpc) is 3.32. The summed E-state index contributed by atoms with van der Waals surface area (Å²) in [6.45, 7) is 2.36.